The van der Waals surface area contributed by atoms with Gasteiger partial charge in [0.25, 0.3) is 0 Å². The molecule has 0 unspecified atom stereocenters. The van der Waals surface area contributed by atoms with Crippen LogP contribution in [0.4, 0.5) is 0 Å². The minimum Gasteiger partial charge on any atom is -0.242 e. The van der Waals surface area contributed by atoms with Crippen LogP contribution in [-0.4, -0.2) is 31.4 Å². The minimum absolute atomic E-state index is 0.704. The molecule has 0 saturated carbocycles. The van der Waals surface area contributed by atoms with Crippen molar-refractivity contribution in [3.05, 3.63) is 0 Å². The van der Waals surface area contributed by atoms with Crippen LogP contribution in [0, 0.1) is 0 Å². The van der Waals surface area contributed by atoms with E-state index in [0.29, 0.717) is 6.04 Å². The summed E-state index contributed by atoms with van der Waals surface area (Å²) in [5.41, 5.74) is 0. The zero-order chi connectivity index (χ0) is 8.43. The van der Waals surface area contributed by atoms with Crippen molar-refractivity contribution in [1.82, 2.24) is 6.23 Å². The molecule has 2 atom stereocenters. The summed E-state index contributed by atoms with van der Waals surface area (Å²) in [5.74, 6) is 0. The lowest BCUT2D eigenvalue weighted by Crippen LogP contribution is -2.49. The van der Waals surface area contributed by atoms with Crippen molar-refractivity contribution in [3.8, 4) is 0 Å². The number of nitrogens with zero attached hydrogens (tertiary/aromatic N) is 2. The van der Waals surface area contributed by atoms with Crippen LogP contribution in [0.2, 0.25) is 0 Å². The fourth-order valence-electron chi connectivity index (χ4n) is 1.29. The van der Waals surface area contributed by atoms with Gasteiger partial charge < -0.3 is 0 Å². The molecule has 4 heteroatoms. The Hall–Kier alpha value is 1.38. The first-order valence-electron chi connectivity index (χ1n) is 4.00. The lowest BCUT2D eigenvalue weighted by atomic mass is 10.1. The highest BCUT2D eigenvalue weighted by Crippen LogP contribution is 2.23. The van der Waals surface area contributed by atoms with Gasteiger partial charge in [-0.15, -0.1) is 0 Å². The summed E-state index contributed by atoms with van der Waals surface area (Å²) in [4.78, 5) is 0. The summed E-state index contributed by atoms with van der Waals surface area (Å²) in [5, 5.41) is 0. The standard InChI is InChI=1S/C7H14I2N2/c1-3-7-5-10(8)6(2)4-11(7)9/h6-7H,3-5H2,1-2H3/t6-,7+/m1/s1. The molecule has 0 amide bonds. The number of rotatable bonds is 1. The predicted octanol–water partition coefficient (Wildman–Crippen LogP) is 2.47. The molecule has 1 saturated heterocycles. The van der Waals surface area contributed by atoms with E-state index in [1.807, 2.05) is 0 Å². The summed E-state index contributed by atoms with van der Waals surface area (Å²) < 4.78 is 4.86. The van der Waals surface area contributed by atoms with Gasteiger partial charge in [-0.3, -0.25) is 0 Å². The molecular formula is C7H14I2N2. The van der Waals surface area contributed by atoms with E-state index in [2.05, 4.69) is 65.8 Å². The average molecular weight is 380 g/mol. The third-order valence-electron chi connectivity index (χ3n) is 2.17. The van der Waals surface area contributed by atoms with E-state index in [9.17, 15) is 0 Å². The Kier molecular flexibility index (Phi) is 4.35. The van der Waals surface area contributed by atoms with Gasteiger partial charge in [-0.1, -0.05) is 6.92 Å². The molecule has 1 aliphatic heterocycles. The fraction of sp³-hybridized carbons (Fsp3) is 1.00. The van der Waals surface area contributed by atoms with Gasteiger partial charge in [-0.2, -0.15) is 0 Å². The molecule has 0 aliphatic carbocycles. The van der Waals surface area contributed by atoms with Gasteiger partial charge in [0.05, 0.1) is 0 Å². The quantitative estimate of drug-likeness (QED) is 0.510. The van der Waals surface area contributed by atoms with Crippen LogP contribution in [0.5, 0.6) is 0 Å². The molecule has 1 rings (SSSR count). The van der Waals surface area contributed by atoms with Crippen molar-refractivity contribution < 1.29 is 0 Å². The van der Waals surface area contributed by atoms with Gasteiger partial charge in [0.15, 0.2) is 0 Å². The van der Waals surface area contributed by atoms with Gasteiger partial charge in [0.2, 0.25) is 0 Å². The zero-order valence-electron chi connectivity index (χ0n) is 6.93. The van der Waals surface area contributed by atoms with Crippen molar-refractivity contribution >= 4 is 45.7 Å². The smallest absolute Gasteiger partial charge is 0.0327 e. The maximum absolute atomic E-state index is 2.45. The Morgan fingerprint density at radius 1 is 1.27 bits per heavy atom. The molecule has 0 bridgehead atoms. The Labute approximate surface area is 96.7 Å². The maximum Gasteiger partial charge on any atom is 0.0327 e. The monoisotopic (exact) mass is 380 g/mol. The first-order chi connectivity index (χ1) is 5.15. The fourth-order valence-corrected chi connectivity index (χ4v) is 3.06. The van der Waals surface area contributed by atoms with Crippen molar-refractivity contribution in [2.45, 2.75) is 32.4 Å². The van der Waals surface area contributed by atoms with Gasteiger partial charge in [0.1, 0.15) is 0 Å². The van der Waals surface area contributed by atoms with Gasteiger partial charge in [-0.25, -0.2) is 6.23 Å². The molecule has 0 spiro atoms. The Bertz CT molecular complexity index is 132. The second-order valence-corrected chi connectivity index (χ2v) is 5.55. The van der Waals surface area contributed by atoms with Crippen molar-refractivity contribution in [3.63, 3.8) is 0 Å². The number of piperazine rings is 1. The second-order valence-electron chi connectivity index (χ2n) is 3.08. The maximum atomic E-state index is 2.45. The van der Waals surface area contributed by atoms with Crippen LogP contribution >= 0.6 is 45.7 Å². The molecule has 66 valence electrons. The van der Waals surface area contributed by atoms with E-state index in [0.717, 1.165) is 6.04 Å². The van der Waals surface area contributed by atoms with Crippen molar-refractivity contribution in [2.75, 3.05) is 13.1 Å². The highest BCUT2D eigenvalue weighted by atomic mass is 127. The van der Waals surface area contributed by atoms with Gasteiger partial charge in [0, 0.05) is 70.9 Å². The summed E-state index contributed by atoms with van der Waals surface area (Å²) >= 11 is 4.88. The van der Waals surface area contributed by atoms with Crippen molar-refractivity contribution in [1.29, 1.82) is 0 Å². The highest BCUT2D eigenvalue weighted by Gasteiger charge is 2.27. The minimum atomic E-state index is 0.704. The third-order valence-corrected chi connectivity index (χ3v) is 4.70. The van der Waals surface area contributed by atoms with Crippen LogP contribution < -0.4 is 0 Å². The lowest BCUT2D eigenvalue weighted by Gasteiger charge is -2.38. The summed E-state index contributed by atoms with van der Waals surface area (Å²) in [7, 11) is 0. The van der Waals surface area contributed by atoms with E-state index in [-0.39, 0.29) is 0 Å². The first-order valence-corrected chi connectivity index (χ1v) is 5.93. The summed E-state index contributed by atoms with van der Waals surface area (Å²) in [6, 6.07) is 1.46. The third kappa shape index (κ3) is 2.67. The predicted molar refractivity (Wildman–Crippen MR) is 65.0 cm³/mol. The first kappa shape index (κ1) is 10.5. The second kappa shape index (κ2) is 4.57. The van der Waals surface area contributed by atoms with Gasteiger partial charge in [-0.05, 0) is 13.3 Å². The normalized spacial score (nSPS) is 36.0. The molecule has 11 heavy (non-hydrogen) atoms. The Balaban J connectivity index is 2.48. The zero-order valence-corrected chi connectivity index (χ0v) is 11.2. The highest BCUT2D eigenvalue weighted by molar-refractivity contribution is 14.1. The largest absolute Gasteiger partial charge is 0.242 e. The van der Waals surface area contributed by atoms with Crippen LogP contribution in [0.15, 0.2) is 0 Å². The number of hydrogen-bond donors (Lipinski definition) is 0. The molecule has 0 aromatic carbocycles. The molecule has 1 aliphatic rings. The van der Waals surface area contributed by atoms with E-state index in [1.165, 1.54) is 19.5 Å². The van der Waals surface area contributed by atoms with E-state index >= 15 is 0 Å². The molecule has 1 heterocycles. The number of hydrogen-bond acceptors (Lipinski definition) is 2. The molecule has 0 radical (unpaired) electrons. The Morgan fingerprint density at radius 2 is 1.91 bits per heavy atom. The van der Waals surface area contributed by atoms with Crippen LogP contribution in [0.3, 0.4) is 0 Å². The topological polar surface area (TPSA) is 6.48 Å². The number of halogens is 2. The molecule has 2 nitrogen and oxygen atoms in total. The summed E-state index contributed by atoms with van der Waals surface area (Å²) in [6.07, 6.45) is 1.26. The van der Waals surface area contributed by atoms with E-state index in [4.69, 9.17) is 0 Å². The molecule has 0 N–H and O–H groups in total. The van der Waals surface area contributed by atoms with Crippen LogP contribution in [0.25, 0.3) is 0 Å². The van der Waals surface area contributed by atoms with Crippen molar-refractivity contribution in [2.24, 2.45) is 0 Å². The van der Waals surface area contributed by atoms with Crippen LogP contribution in [-0.2, 0) is 0 Å². The average Bonchev–Trinajstić information content (AvgIpc) is 1.97. The molecule has 0 aromatic heterocycles. The van der Waals surface area contributed by atoms with E-state index < -0.39 is 0 Å². The Morgan fingerprint density at radius 3 is 2.45 bits per heavy atom. The van der Waals surface area contributed by atoms with E-state index in [1.54, 1.807) is 0 Å². The van der Waals surface area contributed by atoms with Gasteiger partial charge >= 0.3 is 0 Å². The molecule has 1 fully saturated rings. The molecule has 0 aromatic rings. The SMILES string of the molecule is CC[C@H]1CN(I)[C@H](C)CN1I. The summed E-state index contributed by atoms with van der Waals surface area (Å²) in [6.45, 7) is 6.95. The van der Waals surface area contributed by atoms with Crippen LogP contribution in [0.1, 0.15) is 20.3 Å². The lowest BCUT2D eigenvalue weighted by molar-refractivity contribution is 0.202. The molecular weight excluding hydrogens is 366 g/mol.